The van der Waals surface area contributed by atoms with Crippen LogP contribution < -0.4 is 15.6 Å². The third-order valence-corrected chi connectivity index (χ3v) is 16.4. The molecule has 1 aliphatic rings. The molecule has 6 heteroatoms. The Morgan fingerprint density at radius 3 is 1.49 bits per heavy atom. The number of hydrogen-bond acceptors (Lipinski definition) is 3. The molecule has 4 rings (SSSR count). The van der Waals surface area contributed by atoms with Gasteiger partial charge in [-0.15, -0.1) is 0 Å². The molecule has 0 amide bonds. The van der Waals surface area contributed by atoms with Crippen molar-refractivity contribution in [3.8, 4) is 0 Å². The molecule has 0 bridgehead atoms. The third-order valence-electron chi connectivity index (χ3n) is 8.49. The zero-order chi connectivity index (χ0) is 28.5. The van der Waals surface area contributed by atoms with E-state index in [0.29, 0.717) is 6.61 Å². The topological polar surface area (TPSA) is 27.7 Å². The molecule has 0 spiro atoms. The van der Waals surface area contributed by atoms with Gasteiger partial charge in [-0.2, -0.15) is 0 Å². The van der Waals surface area contributed by atoms with Crippen molar-refractivity contribution in [2.45, 2.75) is 77.8 Å². The average Bonchev–Trinajstić information content (AvgIpc) is 3.11. The summed E-state index contributed by atoms with van der Waals surface area (Å²) in [4.78, 5) is 0. The van der Waals surface area contributed by atoms with Gasteiger partial charge in [-0.25, -0.2) is 0 Å². The second-order valence-corrected chi connectivity index (χ2v) is 22.0. The minimum atomic E-state index is -2.73. The van der Waals surface area contributed by atoms with Crippen molar-refractivity contribution < 1.29 is 13.7 Å². The predicted octanol–water partition coefficient (Wildman–Crippen LogP) is 6.28. The summed E-state index contributed by atoms with van der Waals surface area (Å²) in [5.41, 5.74) is 2.68. The second kappa shape index (κ2) is 11.0. The Hall–Kier alpha value is -2.22. The molecule has 206 valence electrons. The molecule has 3 nitrogen and oxygen atoms in total. The highest BCUT2D eigenvalue weighted by molar-refractivity contribution is 6.99. The summed E-state index contributed by atoms with van der Waals surface area (Å²) < 4.78 is 20.7. The van der Waals surface area contributed by atoms with Crippen molar-refractivity contribution in [1.29, 1.82) is 0 Å². The van der Waals surface area contributed by atoms with Gasteiger partial charge in [-0.3, -0.25) is 0 Å². The van der Waals surface area contributed by atoms with Gasteiger partial charge in [-0.1, -0.05) is 136 Å². The van der Waals surface area contributed by atoms with E-state index < -0.39 is 34.7 Å². The van der Waals surface area contributed by atoms with Crippen molar-refractivity contribution in [3.05, 3.63) is 102 Å². The maximum absolute atomic E-state index is 7.39. The lowest BCUT2D eigenvalue weighted by molar-refractivity contribution is 0.00578. The van der Waals surface area contributed by atoms with Gasteiger partial charge in [0.1, 0.15) is 8.07 Å². The van der Waals surface area contributed by atoms with E-state index in [-0.39, 0.29) is 5.04 Å². The minimum Gasteiger partial charge on any atom is -0.404 e. The molecule has 0 N–H and O–H groups in total. The number of rotatable bonds is 8. The van der Waals surface area contributed by atoms with E-state index in [4.69, 9.17) is 13.7 Å². The van der Waals surface area contributed by atoms with Gasteiger partial charge in [0, 0.05) is 0 Å². The fraction of sp³-hybridized carbons (Fsp3) is 0.394. The molecular weight excluding hydrogens is 511 g/mol. The maximum Gasteiger partial charge on any atom is 0.492 e. The molecule has 0 saturated carbocycles. The monoisotopic (exact) mass is 556 g/mol. The van der Waals surface area contributed by atoms with Crippen LogP contribution in [0.1, 0.15) is 48.5 Å². The molecule has 0 aliphatic carbocycles. The summed E-state index contributed by atoms with van der Waals surface area (Å²) in [6.45, 7) is 20.7. The average molecular weight is 557 g/mol. The highest BCUT2D eigenvalue weighted by atomic mass is 28.4. The summed E-state index contributed by atoms with van der Waals surface area (Å²) in [7, 11) is -5.17. The predicted molar refractivity (Wildman–Crippen MR) is 171 cm³/mol. The van der Waals surface area contributed by atoms with Gasteiger partial charge in [0.05, 0.1) is 17.8 Å². The van der Waals surface area contributed by atoms with E-state index in [1.165, 1.54) is 15.6 Å². The van der Waals surface area contributed by atoms with Crippen LogP contribution >= 0.6 is 0 Å². The molecule has 0 unspecified atom stereocenters. The lowest BCUT2D eigenvalue weighted by Crippen LogP contribution is -2.66. The van der Waals surface area contributed by atoms with E-state index in [1.54, 1.807) is 0 Å². The zero-order valence-electron chi connectivity index (χ0n) is 25.2. The summed E-state index contributed by atoms with van der Waals surface area (Å²) in [5, 5.41) is 3.82. The SMILES string of the molecule is CC1(C)OB(/C(=C\[Si](C)(C)c2ccccc2)CO[Si](c2ccccc2)(c2ccccc2)C(C)(C)C)OC1(C)C. The van der Waals surface area contributed by atoms with E-state index in [0.717, 1.165) is 5.47 Å². The first-order chi connectivity index (χ1) is 18.2. The smallest absolute Gasteiger partial charge is 0.404 e. The molecule has 39 heavy (non-hydrogen) atoms. The molecule has 1 heterocycles. The van der Waals surface area contributed by atoms with Crippen LogP contribution in [0.25, 0.3) is 0 Å². The lowest BCUT2D eigenvalue weighted by atomic mass is 9.80. The highest BCUT2D eigenvalue weighted by Gasteiger charge is 2.54. The van der Waals surface area contributed by atoms with Crippen molar-refractivity contribution in [2.75, 3.05) is 6.61 Å². The fourth-order valence-electron chi connectivity index (χ4n) is 5.54. The van der Waals surface area contributed by atoms with Crippen LogP contribution in [-0.4, -0.2) is 41.3 Å². The van der Waals surface area contributed by atoms with Crippen molar-refractivity contribution in [2.24, 2.45) is 0 Å². The van der Waals surface area contributed by atoms with Crippen LogP contribution in [0.3, 0.4) is 0 Å². The summed E-state index contributed by atoms with van der Waals surface area (Å²) >= 11 is 0. The van der Waals surface area contributed by atoms with Gasteiger partial charge in [-0.05, 0) is 48.6 Å². The molecule has 3 aromatic rings. The molecule has 0 atom stereocenters. The molecular formula is C33H45BO3Si2. The molecule has 0 aromatic heterocycles. The first kappa shape index (κ1) is 29.8. The van der Waals surface area contributed by atoms with Crippen molar-refractivity contribution >= 4 is 39.1 Å². The third kappa shape index (κ3) is 5.96. The van der Waals surface area contributed by atoms with Crippen LogP contribution in [0, 0.1) is 0 Å². The normalized spacial score (nSPS) is 17.9. The Labute approximate surface area is 238 Å². The van der Waals surface area contributed by atoms with Crippen LogP contribution in [0.5, 0.6) is 0 Å². The lowest BCUT2D eigenvalue weighted by Gasteiger charge is -2.43. The number of hydrogen-bond donors (Lipinski definition) is 0. The fourth-order valence-corrected chi connectivity index (χ4v) is 12.4. The van der Waals surface area contributed by atoms with E-state index in [2.05, 4.69) is 158 Å². The molecule has 1 aliphatic heterocycles. The zero-order valence-corrected chi connectivity index (χ0v) is 27.2. The Morgan fingerprint density at radius 2 is 1.10 bits per heavy atom. The largest absolute Gasteiger partial charge is 0.492 e. The Bertz CT molecular complexity index is 1210. The van der Waals surface area contributed by atoms with Crippen LogP contribution in [0.4, 0.5) is 0 Å². The molecule has 0 radical (unpaired) electrons. The van der Waals surface area contributed by atoms with Gasteiger partial charge >= 0.3 is 7.12 Å². The van der Waals surface area contributed by atoms with E-state index >= 15 is 0 Å². The maximum atomic E-state index is 7.39. The first-order valence-electron chi connectivity index (χ1n) is 14.1. The summed E-state index contributed by atoms with van der Waals surface area (Å²) in [6, 6.07) is 32.5. The molecule has 3 aromatic carbocycles. The Kier molecular flexibility index (Phi) is 8.38. The van der Waals surface area contributed by atoms with Crippen LogP contribution in [-0.2, 0) is 13.7 Å². The summed E-state index contributed by atoms with van der Waals surface area (Å²) in [5.74, 6) is 0. The van der Waals surface area contributed by atoms with Crippen LogP contribution in [0.15, 0.2) is 102 Å². The standard InChI is InChI=1S/C33H45BO3Si2/c1-31(2,3)39(29-21-15-11-16-22-29,30-23-17-12-18-24-30)35-25-27(34-36-32(4,5)33(6,7)37-34)26-38(8,9)28-19-13-10-14-20-28/h10-24,26H,25H2,1-9H3/b27-26-. The summed E-state index contributed by atoms with van der Waals surface area (Å²) in [6.07, 6.45) is 0. The van der Waals surface area contributed by atoms with Crippen molar-refractivity contribution in [3.63, 3.8) is 0 Å². The van der Waals surface area contributed by atoms with E-state index in [9.17, 15) is 0 Å². The number of benzene rings is 3. The first-order valence-corrected chi connectivity index (χ1v) is 19.1. The van der Waals surface area contributed by atoms with E-state index in [1.807, 2.05) is 0 Å². The Morgan fingerprint density at radius 1 is 0.718 bits per heavy atom. The molecule has 1 saturated heterocycles. The van der Waals surface area contributed by atoms with Gasteiger partial charge in [0.15, 0.2) is 0 Å². The minimum absolute atomic E-state index is 0.108. The highest BCUT2D eigenvalue weighted by Crippen LogP contribution is 2.40. The van der Waals surface area contributed by atoms with Gasteiger partial charge < -0.3 is 13.7 Å². The van der Waals surface area contributed by atoms with Crippen molar-refractivity contribution in [1.82, 2.24) is 0 Å². The second-order valence-electron chi connectivity index (χ2n) is 13.3. The van der Waals surface area contributed by atoms with Gasteiger partial charge in [0.2, 0.25) is 0 Å². The molecule has 1 fully saturated rings. The quantitative estimate of drug-likeness (QED) is 0.306. The van der Waals surface area contributed by atoms with Gasteiger partial charge in [0.25, 0.3) is 8.32 Å². The van der Waals surface area contributed by atoms with Crippen LogP contribution in [0.2, 0.25) is 18.1 Å². The Balaban J connectivity index is 1.83.